The fourth-order valence-corrected chi connectivity index (χ4v) is 9.64. The van der Waals surface area contributed by atoms with Crippen molar-refractivity contribution >= 4 is 11.9 Å². The molecule has 2 unspecified atom stereocenters. The number of carbonyl (C=O) groups is 2. The van der Waals surface area contributed by atoms with Crippen LogP contribution in [0.3, 0.4) is 0 Å². The van der Waals surface area contributed by atoms with Crippen LogP contribution in [0, 0.1) is 0 Å². The number of nitrogens with one attached hydrogen (secondary N) is 1. The standard InChI is InChI=1S/C61H119NO5/c1-3-5-7-9-11-13-15-17-18-24-28-31-35-39-43-47-51-55-61(66)67-56-52-48-44-40-36-32-29-26-23-21-19-20-22-25-27-30-34-38-42-46-50-54-60(65)62-58(57-63)59(64)53-49-45-41-37-33-16-14-12-10-8-6-4-2/h49,53,58-59,63-64H,3-48,50-52,54-57H2,1-2H3,(H,62,65)/b53-49+. The van der Waals surface area contributed by atoms with E-state index in [1.807, 2.05) is 6.08 Å². The monoisotopic (exact) mass is 946 g/mol. The molecule has 0 heterocycles. The van der Waals surface area contributed by atoms with E-state index in [2.05, 4.69) is 19.2 Å². The van der Waals surface area contributed by atoms with Crippen molar-refractivity contribution < 1.29 is 24.5 Å². The van der Waals surface area contributed by atoms with Crippen LogP contribution in [-0.2, 0) is 14.3 Å². The van der Waals surface area contributed by atoms with E-state index in [4.69, 9.17) is 4.74 Å². The van der Waals surface area contributed by atoms with Gasteiger partial charge in [-0.15, -0.1) is 0 Å². The maximum absolute atomic E-state index is 12.4. The summed E-state index contributed by atoms with van der Waals surface area (Å²) >= 11 is 0. The molecule has 0 bridgehead atoms. The summed E-state index contributed by atoms with van der Waals surface area (Å²) in [6.07, 6.45) is 68.2. The van der Waals surface area contributed by atoms with Gasteiger partial charge < -0.3 is 20.3 Å². The Hall–Kier alpha value is -1.40. The lowest BCUT2D eigenvalue weighted by molar-refractivity contribution is -0.143. The van der Waals surface area contributed by atoms with Gasteiger partial charge in [-0.25, -0.2) is 0 Å². The van der Waals surface area contributed by atoms with Gasteiger partial charge in [-0.05, 0) is 32.1 Å². The third-order valence-corrected chi connectivity index (χ3v) is 14.3. The Kier molecular flexibility index (Phi) is 56.0. The van der Waals surface area contributed by atoms with Crippen molar-refractivity contribution in [3.63, 3.8) is 0 Å². The summed E-state index contributed by atoms with van der Waals surface area (Å²) in [5.41, 5.74) is 0. The molecular weight excluding hydrogens is 827 g/mol. The lowest BCUT2D eigenvalue weighted by Gasteiger charge is -2.20. The first-order valence-electron chi connectivity index (χ1n) is 30.5. The second kappa shape index (κ2) is 57.2. The first kappa shape index (κ1) is 65.6. The fraction of sp³-hybridized carbons (Fsp3) is 0.934. The Balaban J connectivity index is 3.36. The molecule has 0 saturated heterocycles. The Labute approximate surface area is 419 Å². The van der Waals surface area contributed by atoms with Crippen LogP contribution in [0.4, 0.5) is 0 Å². The van der Waals surface area contributed by atoms with E-state index in [-0.39, 0.29) is 18.5 Å². The fourth-order valence-electron chi connectivity index (χ4n) is 9.64. The van der Waals surface area contributed by atoms with Crippen molar-refractivity contribution in [2.75, 3.05) is 13.2 Å². The Morgan fingerprint density at radius 2 is 0.687 bits per heavy atom. The summed E-state index contributed by atoms with van der Waals surface area (Å²) in [5, 5.41) is 23.0. The zero-order chi connectivity index (χ0) is 48.6. The summed E-state index contributed by atoms with van der Waals surface area (Å²) < 4.78 is 5.50. The topological polar surface area (TPSA) is 95.9 Å². The third-order valence-electron chi connectivity index (χ3n) is 14.3. The van der Waals surface area contributed by atoms with Gasteiger partial charge in [0.25, 0.3) is 0 Å². The highest BCUT2D eigenvalue weighted by Crippen LogP contribution is 2.18. The van der Waals surface area contributed by atoms with Crippen LogP contribution >= 0.6 is 0 Å². The van der Waals surface area contributed by atoms with Crippen molar-refractivity contribution in [1.82, 2.24) is 5.32 Å². The average Bonchev–Trinajstić information content (AvgIpc) is 3.33. The van der Waals surface area contributed by atoms with E-state index in [0.717, 1.165) is 38.5 Å². The van der Waals surface area contributed by atoms with Crippen LogP contribution in [0.1, 0.15) is 341 Å². The van der Waals surface area contributed by atoms with Crippen LogP contribution in [0.5, 0.6) is 0 Å². The number of ether oxygens (including phenoxy) is 1. The number of rotatable bonds is 57. The van der Waals surface area contributed by atoms with Crippen molar-refractivity contribution in [2.45, 2.75) is 353 Å². The van der Waals surface area contributed by atoms with Crippen molar-refractivity contribution in [3.05, 3.63) is 12.2 Å². The molecule has 0 rings (SSSR count). The minimum absolute atomic E-state index is 0.0158. The molecule has 6 nitrogen and oxygen atoms in total. The van der Waals surface area contributed by atoms with Gasteiger partial charge >= 0.3 is 5.97 Å². The molecule has 0 radical (unpaired) electrons. The van der Waals surface area contributed by atoms with E-state index < -0.39 is 12.1 Å². The predicted octanol–water partition coefficient (Wildman–Crippen LogP) is 18.9. The minimum Gasteiger partial charge on any atom is -0.466 e. The van der Waals surface area contributed by atoms with Gasteiger partial charge in [0.05, 0.1) is 25.4 Å². The molecule has 0 aromatic rings. The van der Waals surface area contributed by atoms with Crippen LogP contribution in [0.2, 0.25) is 0 Å². The van der Waals surface area contributed by atoms with E-state index in [1.165, 1.54) is 276 Å². The quantitative estimate of drug-likeness (QED) is 0.0321. The van der Waals surface area contributed by atoms with Crippen LogP contribution in [0.25, 0.3) is 0 Å². The average molecular weight is 947 g/mol. The maximum atomic E-state index is 12.4. The summed E-state index contributed by atoms with van der Waals surface area (Å²) in [4.78, 5) is 24.5. The van der Waals surface area contributed by atoms with Crippen molar-refractivity contribution in [3.8, 4) is 0 Å². The summed E-state index contributed by atoms with van der Waals surface area (Å²) in [5.74, 6) is -0.0523. The first-order chi connectivity index (χ1) is 33.0. The molecule has 1 amide bonds. The van der Waals surface area contributed by atoms with E-state index >= 15 is 0 Å². The van der Waals surface area contributed by atoms with Gasteiger partial charge in [0.2, 0.25) is 5.91 Å². The van der Waals surface area contributed by atoms with E-state index in [9.17, 15) is 19.8 Å². The van der Waals surface area contributed by atoms with Crippen LogP contribution < -0.4 is 5.32 Å². The first-order valence-corrected chi connectivity index (χ1v) is 30.5. The molecule has 0 saturated carbocycles. The highest BCUT2D eigenvalue weighted by atomic mass is 16.5. The number of unbranched alkanes of at least 4 members (excludes halogenated alkanes) is 46. The Bertz CT molecular complexity index is 1000. The molecule has 0 aromatic heterocycles. The molecule has 2 atom stereocenters. The van der Waals surface area contributed by atoms with Gasteiger partial charge in [-0.3, -0.25) is 9.59 Å². The highest BCUT2D eigenvalue weighted by Gasteiger charge is 2.18. The molecule has 0 aliphatic rings. The molecule has 0 aliphatic heterocycles. The Morgan fingerprint density at radius 1 is 0.403 bits per heavy atom. The molecule has 3 N–H and O–H groups in total. The van der Waals surface area contributed by atoms with E-state index in [1.54, 1.807) is 6.08 Å². The number of esters is 1. The van der Waals surface area contributed by atoms with Gasteiger partial charge in [-0.1, -0.05) is 309 Å². The number of hydrogen-bond donors (Lipinski definition) is 3. The zero-order valence-electron chi connectivity index (χ0n) is 45.4. The summed E-state index contributed by atoms with van der Waals surface area (Å²) in [6, 6.07) is -0.626. The number of carbonyl (C=O) groups excluding carboxylic acids is 2. The number of amides is 1. The van der Waals surface area contributed by atoms with Gasteiger partial charge in [0.15, 0.2) is 0 Å². The molecular formula is C61H119NO5. The third kappa shape index (κ3) is 53.8. The van der Waals surface area contributed by atoms with Crippen molar-refractivity contribution in [2.24, 2.45) is 0 Å². The van der Waals surface area contributed by atoms with Gasteiger partial charge in [0.1, 0.15) is 0 Å². The molecule has 0 spiro atoms. The molecule has 0 aliphatic carbocycles. The van der Waals surface area contributed by atoms with Gasteiger partial charge in [0, 0.05) is 12.8 Å². The predicted molar refractivity (Wildman–Crippen MR) is 292 cm³/mol. The zero-order valence-corrected chi connectivity index (χ0v) is 45.4. The largest absolute Gasteiger partial charge is 0.466 e. The number of aliphatic hydroxyl groups excluding tert-OH is 2. The number of hydrogen-bond acceptors (Lipinski definition) is 5. The number of aliphatic hydroxyl groups is 2. The maximum Gasteiger partial charge on any atom is 0.305 e. The minimum atomic E-state index is -0.843. The van der Waals surface area contributed by atoms with Crippen molar-refractivity contribution in [1.29, 1.82) is 0 Å². The summed E-state index contributed by atoms with van der Waals surface area (Å²) in [6.45, 7) is 4.92. The normalized spacial score (nSPS) is 12.6. The lowest BCUT2D eigenvalue weighted by Crippen LogP contribution is -2.45. The molecule has 6 heteroatoms. The van der Waals surface area contributed by atoms with Crippen LogP contribution in [0.15, 0.2) is 12.2 Å². The van der Waals surface area contributed by atoms with E-state index in [0.29, 0.717) is 19.4 Å². The molecule has 398 valence electrons. The molecule has 0 fully saturated rings. The second-order valence-electron chi connectivity index (χ2n) is 21.0. The number of allylic oxidation sites excluding steroid dienone is 1. The SMILES string of the molecule is CCCCCCCCCCCC/C=C/C(O)C(CO)NC(=O)CCCCCCCCCCCCCCCCCCCCCCCOC(=O)CCCCCCCCCCCCCCCCCCC. The smallest absolute Gasteiger partial charge is 0.305 e. The van der Waals surface area contributed by atoms with Gasteiger partial charge in [-0.2, -0.15) is 0 Å². The van der Waals surface area contributed by atoms with Crippen LogP contribution in [-0.4, -0.2) is 47.4 Å². The highest BCUT2D eigenvalue weighted by molar-refractivity contribution is 5.76. The molecule has 0 aromatic carbocycles. The summed E-state index contributed by atoms with van der Waals surface area (Å²) in [7, 11) is 0. The lowest BCUT2D eigenvalue weighted by atomic mass is 10.0. The Morgan fingerprint density at radius 3 is 1.01 bits per heavy atom. The molecule has 67 heavy (non-hydrogen) atoms. The second-order valence-corrected chi connectivity index (χ2v) is 21.0.